The molecule has 4 heteroatoms. The lowest BCUT2D eigenvalue weighted by molar-refractivity contribution is -0.145. The maximum atomic E-state index is 12.3. The molecular weight excluding hydrogens is 342 g/mol. The molecule has 1 heterocycles. The van der Waals surface area contributed by atoms with E-state index in [9.17, 15) is 4.79 Å². The highest BCUT2D eigenvalue weighted by atomic mass is 32.2. The minimum Gasteiger partial charge on any atom is -0.465 e. The number of carbonyl (C=O) groups excluding carboxylic acids is 1. The van der Waals surface area contributed by atoms with Crippen molar-refractivity contribution in [2.75, 3.05) is 6.61 Å². The molecule has 2 aromatic carbocycles. The van der Waals surface area contributed by atoms with Crippen molar-refractivity contribution in [2.24, 2.45) is 0 Å². The van der Waals surface area contributed by atoms with Gasteiger partial charge < -0.3 is 9.30 Å². The van der Waals surface area contributed by atoms with E-state index < -0.39 is 4.75 Å². The van der Waals surface area contributed by atoms with Gasteiger partial charge in [0.05, 0.1) is 6.61 Å². The summed E-state index contributed by atoms with van der Waals surface area (Å²) in [7, 11) is 0. The molecule has 0 saturated carbocycles. The van der Waals surface area contributed by atoms with Crippen LogP contribution in [0.25, 0.3) is 10.9 Å². The fraction of sp³-hybridized carbons (Fsp3) is 0.318. The summed E-state index contributed by atoms with van der Waals surface area (Å²) < 4.78 is 6.88. The van der Waals surface area contributed by atoms with Crippen LogP contribution < -0.4 is 0 Å². The molecule has 0 unspecified atom stereocenters. The number of rotatable bonds is 6. The van der Waals surface area contributed by atoms with E-state index in [4.69, 9.17) is 4.74 Å². The summed E-state index contributed by atoms with van der Waals surface area (Å²) in [4.78, 5) is 13.4. The van der Waals surface area contributed by atoms with Crippen LogP contribution >= 0.6 is 11.8 Å². The van der Waals surface area contributed by atoms with E-state index >= 15 is 0 Å². The quantitative estimate of drug-likeness (QED) is 0.430. The van der Waals surface area contributed by atoms with Crippen molar-refractivity contribution < 1.29 is 9.53 Å². The smallest absolute Gasteiger partial charge is 0.321 e. The van der Waals surface area contributed by atoms with E-state index in [0.29, 0.717) is 6.61 Å². The number of nitrogens with zero attached hydrogens (tertiary/aromatic N) is 1. The summed E-state index contributed by atoms with van der Waals surface area (Å²) in [6.45, 7) is 9.03. The van der Waals surface area contributed by atoms with Crippen LogP contribution in [0, 0.1) is 6.92 Å². The highest BCUT2D eigenvalue weighted by Gasteiger charge is 2.31. The second-order valence-corrected chi connectivity index (χ2v) is 8.56. The highest BCUT2D eigenvalue weighted by molar-refractivity contribution is 8.01. The van der Waals surface area contributed by atoms with Gasteiger partial charge in [-0.05, 0) is 44.9 Å². The molecule has 3 nitrogen and oxygen atoms in total. The maximum absolute atomic E-state index is 12.3. The Morgan fingerprint density at radius 3 is 2.54 bits per heavy atom. The van der Waals surface area contributed by atoms with Crippen LogP contribution in [-0.2, 0) is 16.1 Å². The van der Waals surface area contributed by atoms with E-state index in [0.717, 1.165) is 11.4 Å². The van der Waals surface area contributed by atoms with Gasteiger partial charge in [0, 0.05) is 28.5 Å². The third kappa shape index (κ3) is 3.80. The molecule has 0 aliphatic carbocycles. The van der Waals surface area contributed by atoms with E-state index in [1.807, 2.05) is 26.8 Å². The number of hydrogen-bond donors (Lipinski definition) is 0. The van der Waals surface area contributed by atoms with Gasteiger partial charge in [-0.15, -0.1) is 11.8 Å². The number of ether oxygens (including phenoxy) is 1. The third-order valence-corrected chi connectivity index (χ3v) is 5.71. The lowest BCUT2D eigenvalue weighted by Gasteiger charge is -2.21. The molecule has 0 spiro atoms. The Hall–Kier alpha value is -2.20. The van der Waals surface area contributed by atoms with Gasteiger partial charge in [-0.25, -0.2) is 0 Å². The van der Waals surface area contributed by atoms with Crippen molar-refractivity contribution in [2.45, 2.75) is 43.9 Å². The first-order valence-electron chi connectivity index (χ1n) is 8.91. The number of fused-ring (bicyclic) bond motifs is 1. The Bertz CT molecular complexity index is 927. The second kappa shape index (κ2) is 7.58. The maximum Gasteiger partial charge on any atom is 0.321 e. The third-order valence-electron chi connectivity index (χ3n) is 4.49. The lowest BCUT2D eigenvalue weighted by atomic mass is 10.1. The normalized spacial score (nSPS) is 11.7. The van der Waals surface area contributed by atoms with Crippen molar-refractivity contribution >= 4 is 28.6 Å². The van der Waals surface area contributed by atoms with Crippen LogP contribution in [0.5, 0.6) is 0 Å². The Morgan fingerprint density at radius 1 is 1.12 bits per heavy atom. The topological polar surface area (TPSA) is 31.2 Å². The zero-order chi connectivity index (χ0) is 18.7. The largest absolute Gasteiger partial charge is 0.465 e. The number of aryl methyl sites for hydroxylation is 1. The van der Waals surface area contributed by atoms with Gasteiger partial charge >= 0.3 is 5.97 Å². The summed E-state index contributed by atoms with van der Waals surface area (Å²) in [5.74, 6) is -0.180. The number of benzene rings is 2. The predicted molar refractivity (Wildman–Crippen MR) is 109 cm³/mol. The fourth-order valence-corrected chi connectivity index (χ4v) is 4.17. The SMILES string of the molecule is CCOC(=O)C(C)(C)Sc1cn(Cc2ccccc2C)c2ccccc12. The monoisotopic (exact) mass is 367 g/mol. The standard InChI is InChI=1S/C22H25NO2S/c1-5-25-21(24)22(3,4)26-20-15-23(19-13-9-8-12-18(19)20)14-17-11-7-6-10-16(17)2/h6-13,15H,5,14H2,1-4H3. The van der Waals surface area contributed by atoms with Crippen molar-refractivity contribution in [3.63, 3.8) is 0 Å². The van der Waals surface area contributed by atoms with Crippen LogP contribution in [-0.4, -0.2) is 21.9 Å². The average molecular weight is 368 g/mol. The zero-order valence-electron chi connectivity index (χ0n) is 15.8. The van der Waals surface area contributed by atoms with Crippen LogP contribution in [0.2, 0.25) is 0 Å². The molecule has 0 radical (unpaired) electrons. The van der Waals surface area contributed by atoms with Crippen molar-refractivity contribution in [3.05, 3.63) is 65.9 Å². The molecule has 0 saturated heterocycles. The Labute approximate surface area is 159 Å². The van der Waals surface area contributed by atoms with Gasteiger partial charge in [0.2, 0.25) is 0 Å². The first-order valence-corrected chi connectivity index (χ1v) is 9.72. The first-order chi connectivity index (χ1) is 12.4. The number of carbonyl (C=O) groups is 1. The van der Waals surface area contributed by atoms with Crippen molar-refractivity contribution in [1.29, 1.82) is 0 Å². The van der Waals surface area contributed by atoms with Crippen LogP contribution in [0.1, 0.15) is 31.9 Å². The number of esters is 1. The van der Waals surface area contributed by atoms with E-state index in [-0.39, 0.29) is 5.97 Å². The Kier molecular flexibility index (Phi) is 5.42. The van der Waals surface area contributed by atoms with Gasteiger partial charge in [0.25, 0.3) is 0 Å². The first kappa shape index (κ1) is 18.6. The number of aromatic nitrogens is 1. The molecule has 0 fully saturated rings. The second-order valence-electron chi connectivity index (χ2n) is 6.90. The predicted octanol–water partition coefficient (Wildman–Crippen LogP) is 5.43. The summed E-state index contributed by atoms with van der Waals surface area (Å²) in [5.41, 5.74) is 3.76. The fourth-order valence-electron chi connectivity index (χ4n) is 3.02. The van der Waals surface area contributed by atoms with Gasteiger partial charge in [-0.1, -0.05) is 42.5 Å². The molecule has 136 valence electrons. The molecular formula is C22H25NO2S. The number of hydrogen-bond acceptors (Lipinski definition) is 3. The lowest BCUT2D eigenvalue weighted by Crippen LogP contribution is -2.29. The zero-order valence-corrected chi connectivity index (χ0v) is 16.6. The molecule has 26 heavy (non-hydrogen) atoms. The Balaban J connectivity index is 1.98. The van der Waals surface area contributed by atoms with Gasteiger partial charge in [-0.3, -0.25) is 4.79 Å². The van der Waals surface area contributed by atoms with Crippen molar-refractivity contribution in [3.8, 4) is 0 Å². The van der Waals surface area contributed by atoms with Gasteiger partial charge in [-0.2, -0.15) is 0 Å². The van der Waals surface area contributed by atoms with E-state index in [1.54, 1.807) is 11.8 Å². The molecule has 3 rings (SSSR count). The summed E-state index contributed by atoms with van der Waals surface area (Å²) in [5, 5.41) is 1.17. The average Bonchev–Trinajstić information content (AvgIpc) is 2.94. The summed E-state index contributed by atoms with van der Waals surface area (Å²) >= 11 is 1.56. The highest BCUT2D eigenvalue weighted by Crippen LogP contribution is 2.39. The number of thioether (sulfide) groups is 1. The van der Waals surface area contributed by atoms with Gasteiger partial charge in [0.1, 0.15) is 4.75 Å². The van der Waals surface area contributed by atoms with E-state index in [2.05, 4.69) is 60.2 Å². The molecule has 0 N–H and O–H groups in total. The van der Waals surface area contributed by atoms with Gasteiger partial charge in [0.15, 0.2) is 0 Å². The molecule has 0 atom stereocenters. The Morgan fingerprint density at radius 2 is 1.81 bits per heavy atom. The summed E-state index contributed by atoms with van der Waals surface area (Å²) in [6, 6.07) is 16.8. The molecule has 0 aliphatic heterocycles. The van der Waals surface area contributed by atoms with Crippen LogP contribution in [0.4, 0.5) is 0 Å². The van der Waals surface area contributed by atoms with Crippen molar-refractivity contribution in [1.82, 2.24) is 4.57 Å². The molecule has 3 aromatic rings. The van der Waals surface area contributed by atoms with Crippen LogP contribution in [0.3, 0.4) is 0 Å². The van der Waals surface area contributed by atoms with E-state index in [1.165, 1.54) is 22.0 Å². The van der Waals surface area contributed by atoms with Crippen LogP contribution in [0.15, 0.2) is 59.6 Å². The molecule has 0 aliphatic rings. The molecule has 0 amide bonds. The minimum atomic E-state index is -0.631. The minimum absolute atomic E-state index is 0.180. The molecule has 0 bridgehead atoms. The number of para-hydroxylation sites is 1. The summed E-state index contributed by atoms with van der Waals surface area (Å²) in [6.07, 6.45) is 2.16. The molecule has 1 aromatic heterocycles.